The van der Waals surface area contributed by atoms with Crippen molar-refractivity contribution in [2.75, 3.05) is 11.4 Å². The number of pyridine rings is 1. The molecule has 1 fully saturated rings. The van der Waals surface area contributed by atoms with Gasteiger partial charge >= 0.3 is 0 Å². The molecular weight excluding hydrogens is 479 g/mol. The number of rotatable bonds is 5. The van der Waals surface area contributed by atoms with Crippen molar-refractivity contribution >= 4 is 34.8 Å². The van der Waals surface area contributed by atoms with E-state index in [1.165, 1.54) is 15.9 Å². The number of anilines is 1. The van der Waals surface area contributed by atoms with Gasteiger partial charge < -0.3 is 21.9 Å². The van der Waals surface area contributed by atoms with Gasteiger partial charge in [0.2, 0.25) is 0 Å². The second-order valence-electron chi connectivity index (χ2n) is 7.73. The number of carbonyl (C=O) groups is 1. The maximum atomic E-state index is 14.0. The molecule has 0 bridgehead atoms. The zero-order valence-electron chi connectivity index (χ0n) is 17.6. The van der Waals surface area contributed by atoms with Crippen molar-refractivity contribution in [2.24, 2.45) is 0 Å². The topological polar surface area (TPSA) is 33.2 Å². The van der Waals surface area contributed by atoms with Crippen molar-refractivity contribution in [2.45, 2.75) is 12.1 Å². The molecule has 2 heterocycles. The predicted molar refractivity (Wildman–Crippen MR) is 130 cm³/mol. The van der Waals surface area contributed by atoms with Gasteiger partial charge in [0.25, 0.3) is 5.91 Å². The second-order valence-corrected chi connectivity index (χ2v) is 11.3. The minimum atomic E-state index is -2.22. The molecule has 1 amide bonds. The van der Waals surface area contributed by atoms with Gasteiger partial charge in [-0.15, -0.1) is 0 Å². The Morgan fingerprint density at radius 1 is 0.688 bits per heavy atom. The molecule has 1 atom stereocenters. The van der Waals surface area contributed by atoms with Gasteiger partial charge in [0, 0.05) is 31.0 Å². The first-order chi connectivity index (χ1) is 15.3. The smallest absolute Gasteiger partial charge is 0.268 e. The highest BCUT2D eigenvalue weighted by atomic mass is 79.9. The number of carbonyl (C=O) groups excluding carboxylic acids is 1. The minimum absolute atomic E-state index is 0. The quantitative estimate of drug-likeness (QED) is 0.384. The van der Waals surface area contributed by atoms with Gasteiger partial charge in [-0.25, -0.2) is 0 Å². The number of benzene rings is 3. The van der Waals surface area contributed by atoms with Gasteiger partial charge in [0.15, 0.2) is 5.66 Å². The molecule has 3 aromatic carbocycles. The first-order valence-electron chi connectivity index (χ1n) is 10.6. The van der Waals surface area contributed by atoms with E-state index in [1.807, 2.05) is 35.2 Å². The summed E-state index contributed by atoms with van der Waals surface area (Å²) in [7, 11) is -2.22. The van der Waals surface area contributed by atoms with Crippen LogP contribution in [0.3, 0.4) is 0 Å². The maximum Gasteiger partial charge on any atom is 0.268 e. The number of hydrogen-bond donors (Lipinski definition) is 0. The Balaban J connectivity index is 0.00000245. The Morgan fingerprint density at radius 2 is 1.12 bits per heavy atom. The van der Waals surface area contributed by atoms with Gasteiger partial charge in [-0.2, -0.15) is 0 Å². The van der Waals surface area contributed by atoms with Crippen LogP contribution in [-0.2, 0) is 4.79 Å². The third-order valence-electron chi connectivity index (χ3n) is 6.11. The van der Waals surface area contributed by atoms with Gasteiger partial charge in [-0.05, 0) is 48.5 Å². The van der Waals surface area contributed by atoms with Crippen molar-refractivity contribution < 1.29 is 21.8 Å². The summed E-state index contributed by atoms with van der Waals surface area (Å²) in [6.45, 7) is 0.724. The van der Waals surface area contributed by atoms with Crippen LogP contribution in [0.15, 0.2) is 116 Å². The molecule has 0 unspecified atom stereocenters. The molecule has 1 saturated heterocycles. The van der Waals surface area contributed by atoms with E-state index >= 15 is 0 Å². The third-order valence-corrected chi connectivity index (χ3v) is 10.9. The normalized spacial score (nSPS) is 15.9. The Bertz CT molecular complexity index is 1060. The maximum absolute atomic E-state index is 14.0. The molecule has 0 saturated carbocycles. The molecule has 5 rings (SSSR count). The fourth-order valence-corrected chi connectivity index (χ4v) is 9.66. The zero-order chi connectivity index (χ0) is 21.1. The standard InChI is InChI=1S/C27H24N2OP.BrH/c30-27-26(18-21-29(27)22-16-19-28-20-17-22)31(23-10-4-1-5-11-23,24-12-6-2-7-13-24)25-14-8-3-9-15-25;/h1-17,19-20,26H,18,21H2;1H/q+1;/p-1/t26-;/m1./s1. The van der Waals surface area contributed by atoms with Crippen molar-refractivity contribution in [3.05, 3.63) is 116 Å². The summed E-state index contributed by atoms with van der Waals surface area (Å²) in [5.41, 5.74) is 0.822. The SMILES string of the molecule is O=C1[C@H]([P+](c2ccccc2)(c2ccccc2)c2ccccc2)CCN1c1ccncc1.[Br-]. The number of halogens is 1. The summed E-state index contributed by atoms with van der Waals surface area (Å²) in [6.07, 6.45) is 4.33. The number of aromatic nitrogens is 1. The Kier molecular flexibility index (Phi) is 6.83. The van der Waals surface area contributed by atoms with Gasteiger partial charge in [0.1, 0.15) is 23.2 Å². The van der Waals surface area contributed by atoms with E-state index in [0.29, 0.717) is 0 Å². The third kappa shape index (κ3) is 3.79. The van der Waals surface area contributed by atoms with Crippen molar-refractivity contribution in [1.29, 1.82) is 0 Å². The molecule has 3 nitrogen and oxygen atoms in total. The van der Waals surface area contributed by atoms with Crippen LogP contribution in [0.5, 0.6) is 0 Å². The molecule has 4 aromatic rings. The highest BCUT2D eigenvalue weighted by Crippen LogP contribution is 2.62. The lowest BCUT2D eigenvalue weighted by molar-refractivity contribution is -0.116. The summed E-state index contributed by atoms with van der Waals surface area (Å²) in [5.74, 6) is 0.205. The number of hydrogen-bond acceptors (Lipinski definition) is 2. The lowest BCUT2D eigenvalue weighted by atomic mass is 10.3. The molecule has 0 N–H and O–H groups in total. The van der Waals surface area contributed by atoms with Crippen LogP contribution in [0.4, 0.5) is 5.69 Å². The molecule has 1 aliphatic heterocycles. The average molecular weight is 503 g/mol. The van der Waals surface area contributed by atoms with Gasteiger partial charge in [-0.3, -0.25) is 9.78 Å². The Morgan fingerprint density at radius 3 is 1.56 bits per heavy atom. The van der Waals surface area contributed by atoms with Crippen LogP contribution in [0, 0.1) is 0 Å². The van der Waals surface area contributed by atoms with Crippen LogP contribution < -0.4 is 37.8 Å². The van der Waals surface area contributed by atoms with Crippen LogP contribution in [0.25, 0.3) is 0 Å². The van der Waals surface area contributed by atoms with Crippen LogP contribution >= 0.6 is 7.26 Å². The first kappa shape index (κ1) is 22.4. The van der Waals surface area contributed by atoms with Crippen LogP contribution in [-0.4, -0.2) is 23.1 Å². The summed E-state index contributed by atoms with van der Waals surface area (Å²) in [5, 5.41) is 3.76. The largest absolute Gasteiger partial charge is 1.00 e. The van der Waals surface area contributed by atoms with E-state index in [-0.39, 0.29) is 28.5 Å². The molecular formula is C27H24BrN2OP. The van der Waals surface area contributed by atoms with E-state index in [9.17, 15) is 4.79 Å². The van der Waals surface area contributed by atoms with Crippen molar-refractivity contribution in [1.82, 2.24) is 4.98 Å². The monoisotopic (exact) mass is 502 g/mol. The fourth-order valence-electron chi connectivity index (χ4n) is 4.78. The first-order valence-corrected chi connectivity index (χ1v) is 12.4. The summed E-state index contributed by atoms with van der Waals surface area (Å²) < 4.78 is 0. The second kappa shape index (κ2) is 9.77. The predicted octanol–water partition coefficient (Wildman–Crippen LogP) is 1.18. The molecule has 32 heavy (non-hydrogen) atoms. The zero-order valence-corrected chi connectivity index (χ0v) is 20.1. The van der Waals surface area contributed by atoms with Crippen LogP contribution in [0.1, 0.15) is 6.42 Å². The van der Waals surface area contributed by atoms with E-state index < -0.39 is 7.26 Å². The lowest BCUT2D eigenvalue weighted by Gasteiger charge is -2.32. The van der Waals surface area contributed by atoms with Gasteiger partial charge in [0.05, 0.1) is 0 Å². The summed E-state index contributed by atoms with van der Waals surface area (Å²) >= 11 is 0. The molecule has 5 heteroatoms. The fraction of sp³-hybridized carbons (Fsp3) is 0.111. The number of nitrogens with zero attached hydrogens (tertiary/aromatic N) is 2. The minimum Gasteiger partial charge on any atom is -1.00 e. The summed E-state index contributed by atoms with van der Waals surface area (Å²) in [6, 6.07) is 35.8. The lowest BCUT2D eigenvalue weighted by Crippen LogP contribution is -3.00. The van der Waals surface area contributed by atoms with Crippen molar-refractivity contribution in [3.63, 3.8) is 0 Å². The van der Waals surface area contributed by atoms with E-state index in [4.69, 9.17) is 0 Å². The Hall–Kier alpha value is -2.81. The van der Waals surface area contributed by atoms with E-state index in [2.05, 4.69) is 77.8 Å². The summed E-state index contributed by atoms with van der Waals surface area (Å²) in [4.78, 5) is 20.1. The van der Waals surface area contributed by atoms with E-state index in [1.54, 1.807) is 12.4 Å². The van der Waals surface area contributed by atoms with Crippen LogP contribution in [0.2, 0.25) is 0 Å². The highest BCUT2D eigenvalue weighted by molar-refractivity contribution is 7.97. The van der Waals surface area contributed by atoms with Crippen molar-refractivity contribution in [3.8, 4) is 0 Å². The van der Waals surface area contributed by atoms with Gasteiger partial charge in [-0.1, -0.05) is 54.6 Å². The Labute approximate surface area is 200 Å². The van der Waals surface area contributed by atoms with E-state index in [0.717, 1.165) is 18.7 Å². The molecule has 160 valence electrons. The number of amides is 1. The molecule has 1 aliphatic rings. The highest BCUT2D eigenvalue weighted by Gasteiger charge is 2.58. The molecule has 0 spiro atoms. The molecule has 1 aromatic heterocycles. The molecule has 0 aliphatic carbocycles. The average Bonchev–Trinajstić information content (AvgIpc) is 3.24. The molecule has 0 radical (unpaired) electrons.